The third-order valence-corrected chi connectivity index (χ3v) is 4.67. The van der Waals surface area contributed by atoms with Gasteiger partial charge in [0, 0.05) is 10.9 Å². The average molecular weight is 260 g/mol. The van der Waals surface area contributed by atoms with Gasteiger partial charge < -0.3 is 5.73 Å². The zero-order valence-corrected chi connectivity index (χ0v) is 10.3. The van der Waals surface area contributed by atoms with Gasteiger partial charge in [-0.1, -0.05) is 13.8 Å². The molecule has 1 heterocycles. The lowest BCUT2D eigenvalue weighted by atomic mass is 10.0. The number of thiophene rings is 1. The van der Waals surface area contributed by atoms with Gasteiger partial charge in [-0.05, 0) is 45.8 Å². The van der Waals surface area contributed by atoms with Crippen LogP contribution in [0.2, 0.25) is 0 Å². The van der Waals surface area contributed by atoms with Crippen LogP contribution in [0.15, 0.2) is 15.9 Å². The molecule has 0 spiro atoms. The highest BCUT2D eigenvalue weighted by Gasteiger charge is 2.49. The van der Waals surface area contributed by atoms with E-state index >= 15 is 0 Å². The minimum absolute atomic E-state index is 0.242. The van der Waals surface area contributed by atoms with Gasteiger partial charge >= 0.3 is 0 Å². The molecule has 0 radical (unpaired) electrons. The van der Waals surface area contributed by atoms with Crippen molar-refractivity contribution in [3.8, 4) is 0 Å². The Morgan fingerprint density at radius 1 is 1.62 bits per heavy atom. The van der Waals surface area contributed by atoms with Gasteiger partial charge in [-0.15, -0.1) is 11.3 Å². The predicted octanol–water partition coefficient (Wildman–Crippen LogP) is 3.56. The van der Waals surface area contributed by atoms with Crippen LogP contribution in [0.1, 0.15) is 31.2 Å². The van der Waals surface area contributed by atoms with Crippen molar-refractivity contribution in [2.75, 3.05) is 0 Å². The van der Waals surface area contributed by atoms with Gasteiger partial charge in [0.15, 0.2) is 0 Å². The number of hydrogen-bond donors (Lipinski definition) is 1. The van der Waals surface area contributed by atoms with Gasteiger partial charge in [0.2, 0.25) is 0 Å². The summed E-state index contributed by atoms with van der Waals surface area (Å²) in [6.45, 7) is 4.58. The van der Waals surface area contributed by atoms with Crippen molar-refractivity contribution in [1.29, 1.82) is 0 Å². The van der Waals surface area contributed by atoms with Crippen molar-refractivity contribution in [3.05, 3.63) is 20.8 Å². The fourth-order valence-corrected chi connectivity index (χ4v) is 3.32. The number of hydrogen-bond acceptors (Lipinski definition) is 2. The first-order chi connectivity index (χ1) is 6.00. The zero-order chi connectivity index (χ0) is 9.64. The molecular formula is C10H14BrNS. The highest BCUT2D eigenvalue weighted by Crippen LogP contribution is 2.57. The second-order valence-corrected chi connectivity index (χ2v) is 6.96. The third-order valence-electron chi connectivity index (χ3n) is 2.95. The van der Waals surface area contributed by atoms with Gasteiger partial charge in [-0.3, -0.25) is 0 Å². The Labute approximate surface area is 91.5 Å². The molecule has 0 aromatic carbocycles. The molecule has 13 heavy (non-hydrogen) atoms. The minimum atomic E-state index is 0.242. The SMILES string of the molecule is CC1(C)CC1C(N)c1ccc(Br)s1. The van der Waals surface area contributed by atoms with Crippen LogP contribution in [0.3, 0.4) is 0 Å². The van der Waals surface area contributed by atoms with Crippen LogP contribution in [0.4, 0.5) is 0 Å². The number of halogens is 1. The molecule has 2 rings (SSSR count). The molecule has 2 N–H and O–H groups in total. The van der Waals surface area contributed by atoms with Crippen molar-refractivity contribution >= 4 is 27.3 Å². The standard InChI is InChI=1S/C10H14BrNS/c1-10(2)5-6(10)9(12)7-3-4-8(11)13-7/h3-4,6,9H,5,12H2,1-2H3. The number of nitrogens with two attached hydrogens (primary N) is 1. The Balaban J connectivity index is 2.11. The average Bonchev–Trinajstić information content (AvgIpc) is 2.47. The largest absolute Gasteiger partial charge is 0.323 e. The van der Waals surface area contributed by atoms with Crippen LogP contribution in [0.25, 0.3) is 0 Å². The Kier molecular flexibility index (Phi) is 2.29. The maximum Gasteiger partial charge on any atom is 0.0701 e. The van der Waals surface area contributed by atoms with Gasteiger partial charge in [0.1, 0.15) is 0 Å². The van der Waals surface area contributed by atoms with E-state index < -0.39 is 0 Å². The van der Waals surface area contributed by atoms with Crippen LogP contribution in [-0.4, -0.2) is 0 Å². The lowest BCUT2D eigenvalue weighted by Crippen LogP contribution is -2.13. The van der Waals surface area contributed by atoms with Gasteiger partial charge in [0.25, 0.3) is 0 Å². The molecule has 2 atom stereocenters. The van der Waals surface area contributed by atoms with E-state index in [1.54, 1.807) is 11.3 Å². The van der Waals surface area contributed by atoms with E-state index in [9.17, 15) is 0 Å². The molecule has 1 aliphatic rings. The first-order valence-corrected chi connectivity index (χ1v) is 6.12. The lowest BCUT2D eigenvalue weighted by Gasteiger charge is -2.10. The smallest absolute Gasteiger partial charge is 0.0701 e. The summed E-state index contributed by atoms with van der Waals surface area (Å²) in [5.74, 6) is 0.679. The van der Waals surface area contributed by atoms with Crippen molar-refractivity contribution in [2.45, 2.75) is 26.3 Å². The molecule has 1 aromatic heterocycles. The molecule has 0 bridgehead atoms. The van der Waals surface area contributed by atoms with Crippen molar-refractivity contribution in [2.24, 2.45) is 17.1 Å². The van der Waals surface area contributed by atoms with Crippen LogP contribution in [-0.2, 0) is 0 Å². The highest BCUT2D eigenvalue weighted by molar-refractivity contribution is 9.11. The molecule has 1 nitrogen and oxygen atoms in total. The maximum absolute atomic E-state index is 6.18. The van der Waals surface area contributed by atoms with Crippen LogP contribution < -0.4 is 5.73 Å². The normalized spacial score (nSPS) is 27.2. The van der Waals surface area contributed by atoms with E-state index in [0.717, 1.165) is 0 Å². The second kappa shape index (κ2) is 3.07. The number of rotatable bonds is 2. The zero-order valence-electron chi connectivity index (χ0n) is 7.88. The Morgan fingerprint density at radius 2 is 2.23 bits per heavy atom. The molecule has 3 heteroatoms. The summed E-state index contributed by atoms with van der Waals surface area (Å²) < 4.78 is 1.18. The van der Waals surface area contributed by atoms with Crippen LogP contribution in [0.5, 0.6) is 0 Å². The topological polar surface area (TPSA) is 26.0 Å². The van der Waals surface area contributed by atoms with Gasteiger partial charge in [0.05, 0.1) is 3.79 Å². The molecule has 0 amide bonds. The monoisotopic (exact) mass is 259 g/mol. The third kappa shape index (κ3) is 1.83. The van der Waals surface area contributed by atoms with Crippen LogP contribution >= 0.6 is 27.3 Å². The Morgan fingerprint density at radius 3 is 2.62 bits per heavy atom. The second-order valence-electron chi connectivity index (χ2n) is 4.47. The Hall–Kier alpha value is 0.140. The van der Waals surface area contributed by atoms with Crippen molar-refractivity contribution < 1.29 is 0 Å². The van der Waals surface area contributed by atoms with E-state index in [-0.39, 0.29) is 6.04 Å². The van der Waals surface area contributed by atoms with Crippen molar-refractivity contribution in [3.63, 3.8) is 0 Å². The molecule has 1 aliphatic carbocycles. The fraction of sp³-hybridized carbons (Fsp3) is 0.600. The van der Waals surface area contributed by atoms with Gasteiger partial charge in [-0.2, -0.15) is 0 Å². The summed E-state index contributed by atoms with van der Waals surface area (Å²) in [5, 5.41) is 0. The summed E-state index contributed by atoms with van der Waals surface area (Å²) in [6.07, 6.45) is 1.27. The molecule has 1 fully saturated rings. The molecular weight excluding hydrogens is 246 g/mol. The van der Waals surface area contributed by atoms with E-state index in [4.69, 9.17) is 5.73 Å². The van der Waals surface area contributed by atoms with E-state index in [1.807, 2.05) is 0 Å². The molecule has 0 saturated heterocycles. The van der Waals surface area contributed by atoms with Gasteiger partial charge in [-0.25, -0.2) is 0 Å². The molecule has 1 saturated carbocycles. The van der Waals surface area contributed by atoms with E-state index in [0.29, 0.717) is 11.3 Å². The summed E-state index contributed by atoms with van der Waals surface area (Å²) in [7, 11) is 0. The summed E-state index contributed by atoms with van der Waals surface area (Å²) in [5.41, 5.74) is 6.65. The molecule has 2 unspecified atom stereocenters. The summed E-state index contributed by atoms with van der Waals surface area (Å²) >= 11 is 5.22. The van der Waals surface area contributed by atoms with E-state index in [2.05, 4.69) is 41.9 Å². The maximum atomic E-state index is 6.18. The first kappa shape index (κ1) is 9.69. The Bertz CT molecular complexity index is 318. The minimum Gasteiger partial charge on any atom is -0.323 e. The fourth-order valence-electron chi connectivity index (χ4n) is 1.83. The first-order valence-electron chi connectivity index (χ1n) is 4.51. The molecule has 0 aliphatic heterocycles. The quantitative estimate of drug-likeness (QED) is 0.864. The summed E-state index contributed by atoms with van der Waals surface area (Å²) in [6, 6.07) is 4.45. The molecule has 1 aromatic rings. The lowest BCUT2D eigenvalue weighted by molar-refractivity contribution is 0.496. The highest BCUT2D eigenvalue weighted by atomic mass is 79.9. The van der Waals surface area contributed by atoms with Crippen molar-refractivity contribution in [1.82, 2.24) is 0 Å². The summed E-state index contributed by atoms with van der Waals surface area (Å²) in [4.78, 5) is 1.31. The molecule has 72 valence electrons. The predicted molar refractivity (Wildman–Crippen MR) is 60.8 cm³/mol. The van der Waals surface area contributed by atoms with E-state index in [1.165, 1.54) is 15.1 Å². The van der Waals surface area contributed by atoms with Crippen LogP contribution in [0, 0.1) is 11.3 Å².